The van der Waals surface area contributed by atoms with Gasteiger partial charge in [-0.1, -0.05) is 131 Å². The second kappa shape index (κ2) is 56.0. The molecule has 0 amide bonds. The van der Waals surface area contributed by atoms with Gasteiger partial charge in [0.2, 0.25) is 0 Å². The summed E-state index contributed by atoms with van der Waals surface area (Å²) in [5, 5.41) is 4.45. The molecule has 0 unspecified atom stereocenters. The van der Waals surface area contributed by atoms with Crippen LogP contribution in [0.3, 0.4) is 0 Å². The van der Waals surface area contributed by atoms with Crippen LogP contribution in [-0.2, 0) is 55.5 Å². The summed E-state index contributed by atoms with van der Waals surface area (Å²) >= 11 is -1.43. The Morgan fingerprint density at radius 3 is 0.746 bits per heavy atom. The third kappa shape index (κ3) is 30.2. The summed E-state index contributed by atoms with van der Waals surface area (Å²) in [5.41, 5.74) is 24.7. The molecule has 0 N–H and O–H groups in total. The minimum Gasteiger partial charge on any atom is -0.378 e. The summed E-state index contributed by atoms with van der Waals surface area (Å²) in [4.78, 5) is 6.22. The minimum atomic E-state index is -1.88. The van der Waals surface area contributed by atoms with Crippen molar-refractivity contribution in [1.82, 2.24) is 28.0 Å². The number of allylic oxidation sites excluding steroid dienone is 2. The summed E-state index contributed by atoms with van der Waals surface area (Å²) in [6.45, 7) is 47.1. The van der Waals surface area contributed by atoms with Gasteiger partial charge < -0.3 is 38.2 Å². The molecule has 7 aliphatic heterocycles. The molecule has 0 radical (unpaired) electrons. The van der Waals surface area contributed by atoms with Crippen molar-refractivity contribution in [2.75, 3.05) is 181 Å². The summed E-state index contributed by atoms with van der Waals surface area (Å²) < 4.78 is 51.1. The van der Waals surface area contributed by atoms with E-state index in [2.05, 4.69) is 328 Å². The first-order valence-corrected chi connectivity index (χ1v) is 62.3. The van der Waals surface area contributed by atoms with E-state index in [1.807, 2.05) is 48.5 Å². The molecule has 7 heterocycles. The maximum absolute atomic E-state index is 6.19. The molecule has 9 aliphatic rings. The van der Waals surface area contributed by atoms with Crippen molar-refractivity contribution >= 4 is 157 Å². The fraction of sp³-hybridized carbons (Fsp3) is 0.356. The van der Waals surface area contributed by atoms with Gasteiger partial charge >= 0.3 is 240 Å². The second-order valence-corrected chi connectivity index (χ2v) is 53.4. The van der Waals surface area contributed by atoms with E-state index < -0.39 is 51.7 Å². The quantitative estimate of drug-likeness (QED) is 0.0448. The van der Waals surface area contributed by atoms with Crippen LogP contribution in [0.4, 0.5) is 11.4 Å². The van der Waals surface area contributed by atoms with Gasteiger partial charge in [-0.15, -0.1) is 17.0 Å². The van der Waals surface area contributed by atoms with Crippen LogP contribution in [0.15, 0.2) is 254 Å². The number of nitrogens with zero attached hydrogens (tertiary/aromatic N) is 8. The molecular weight excluding hydrogens is 2130 g/mol. The van der Waals surface area contributed by atoms with Crippen molar-refractivity contribution < 1.29 is 55.5 Å². The van der Waals surface area contributed by atoms with Gasteiger partial charge in [0.1, 0.15) is 15.9 Å². The molecule has 0 saturated carbocycles. The molecule has 0 atom stereocenters. The molecule has 2 aliphatic carbocycles. The number of morpholine rings is 6. The van der Waals surface area contributed by atoms with Crippen LogP contribution in [0, 0.1) is 69.0 Å². The van der Waals surface area contributed by atoms with Crippen molar-refractivity contribution in [2.24, 2.45) is 0 Å². The van der Waals surface area contributed by atoms with Crippen molar-refractivity contribution in [3.05, 3.63) is 339 Å². The van der Waals surface area contributed by atoms with E-state index in [1.165, 1.54) is 127 Å². The topological polar surface area (TPSA) is 81.3 Å². The predicted molar refractivity (Wildman–Crippen MR) is 574 cm³/mol. The smallest absolute Gasteiger partial charge is 0.173 e. The van der Waals surface area contributed by atoms with Gasteiger partial charge in [0.25, 0.3) is 0 Å². The van der Waals surface area contributed by atoms with E-state index in [0.29, 0.717) is 0 Å². The van der Waals surface area contributed by atoms with Gasteiger partial charge in [0, 0.05) is 50.6 Å². The van der Waals surface area contributed by atoms with E-state index in [0.717, 1.165) is 179 Å². The molecule has 19 rings (SSSR count). The average Bonchev–Trinajstić information content (AvgIpc) is 1.63. The minimum absolute atomic E-state index is 0. The van der Waals surface area contributed by atoms with E-state index in [1.54, 1.807) is 8.93 Å². The first-order valence-electron chi connectivity index (χ1n) is 44.0. The number of ether oxygens (including phenoxy) is 6. The third-order valence-corrected chi connectivity index (χ3v) is 40.5. The van der Waals surface area contributed by atoms with Crippen molar-refractivity contribution in [3.63, 3.8) is 0 Å². The number of benzene rings is 10. The number of hydrogen-bond donors (Lipinski definition) is 0. The maximum atomic E-state index is 6.19. The van der Waals surface area contributed by atoms with Crippen LogP contribution in [-0.4, -0.2) is 207 Å². The van der Waals surface area contributed by atoms with Crippen LogP contribution in [0.1, 0.15) is 98.3 Å². The van der Waals surface area contributed by atoms with Gasteiger partial charge in [-0.05, 0) is 132 Å². The molecule has 130 heavy (non-hydrogen) atoms. The standard InChI is InChI=1S/C21H27N2.2C15H10.3C14H21N2O2P.C9H11IS.2CH4.BrH.4ClH.2Ru/c1-14-9-16(3)20(17(4)10-14)22-7-8-23(13-22)21-18(5)11-15(2)12-19(21)6;2*1-2-6-12(7-3-1)15-11-10-13-8-4-5-9-14(13)15;3*1-2-4-14(5-3-1)19(15-6-10-17-11-7-15)16-8-12-18-13-9-16;1-6-4-7(2)9(11-10)8(3)5-6;;;;;;;;;/h9-13H,7-8H2,1-6H3;2*1-9,11H;3*1-5H,6-13H2;4-5H,1-3H3;2*1H4;5*1H;;/q-1;;;;;;;;;;;;;;2*+2/p-1. The fourth-order valence-electron chi connectivity index (χ4n) is 17.8. The Morgan fingerprint density at radius 2 is 0.515 bits per heavy atom. The van der Waals surface area contributed by atoms with E-state index in [-0.39, 0.29) is 31.8 Å². The molecule has 10 aromatic rings. The van der Waals surface area contributed by atoms with Crippen molar-refractivity contribution in [2.45, 2.75) is 82.1 Å². The fourth-order valence-corrected chi connectivity index (χ4v) is 33.7. The van der Waals surface area contributed by atoms with E-state index in [4.69, 9.17) is 67.2 Å². The summed E-state index contributed by atoms with van der Waals surface area (Å²) in [6, 6.07) is 83.8. The SMILES string of the molecule is Br.C.C.Cc1cc(C)c(N2[CH-]N(c3c(C)cc(C)cc3C)CC2)c(C)c1.Cc1cc(C)c(SI)c(C)c1.[Cl][Ru]([Cl])=[C]1C=C(c2ccccc2)c2ccccc21.[Cl][Ru]([Cl])=[C]1C=C(c2ccccc2)c2ccccc21.c1ccc([PH+](N2CCOCC2)N2CCOCC2)cc1.c1ccc([PH+](N2CCOCC2)N2CCOCC2)cc1.c1ccc([PH+](N2CCOCC2)N2CCOCC2)cc1. The molecule has 0 aromatic heterocycles. The summed E-state index contributed by atoms with van der Waals surface area (Å²) in [5.74, 6) is 0. The zero-order valence-electron chi connectivity index (χ0n) is 75.1. The second-order valence-electron chi connectivity index (χ2n) is 32.4. The van der Waals surface area contributed by atoms with Crippen molar-refractivity contribution in [3.8, 4) is 0 Å². The Hall–Kier alpha value is -4.20. The molecule has 10 aromatic carbocycles. The van der Waals surface area contributed by atoms with E-state index >= 15 is 0 Å². The van der Waals surface area contributed by atoms with Crippen molar-refractivity contribution in [1.29, 1.82) is 0 Å². The molecule has 0 bridgehead atoms. The monoisotopic (exact) mass is 2260 g/mol. The van der Waals surface area contributed by atoms with Gasteiger partial charge in [-0.2, -0.15) is 34.7 Å². The number of hydrogen-bond acceptors (Lipinski definition) is 15. The zero-order valence-corrected chi connectivity index (χ0v) is 89.3. The van der Waals surface area contributed by atoms with E-state index in [9.17, 15) is 0 Å². The summed E-state index contributed by atoms with van der Waals surface area (Å²) in [6.07, 6.45) is 4.30. The average molecular weight is 2270 g/mol. The van der Waals surface area contributed by atoms with Gasteiger partial charge in [0.15, 0.2) is 24.7 Å². The number of halogens is 6. The van der Waals surface area contributed by atoms with Crippen LogP contribution in [0.25, 0.3) is 11.1 Å². The molecule has 7 saturated heterocycles. The maximum Gasteiger partial charge on any atom is 0.173 e. The number of rotatable bonds is 14. The number of anilines is 2. The Bertz CT molecular complexity index is 4800. The molecule has 14 nitrogen and oxygen atoms in total. The third-order valence-electron chi connectivity index (χ3n) is 23.3. The molecule has 26 heteroatoms. The molecular formula is C104H133BrCl4IN8O6P3Ru2S+2. The van der Waals surface area contributed by atoms with Crippen LogP contribution in [0.2, 0.25) is 0 Å². The molecule has 702 valence electrons. The molecule has 7 fully saturated rings. The largest absolute Gasteiger partial charge is 0.378 e. The Morgan fingerprint density at radius 1 is 0.300 bits per heavy atom. The zero-order chi connectivity index (χ0) is 89.0. The van der Waals surface area contributed by atoms with Gasteiger partial charge in [-0.3, -0.25) is 0 Å². The Balaban J connectivity index is 0.000000158. The van der Waals surface area contributed by atoms with Gasteiger partial charge in [0.05, 0.1) is 158 Å². The predicted octanol–water partition coefficient (Wildman–Crippen LogP) is 23.1. The Kier molecular flexibility index (Phi) is 46.5. The van der Waals surface area contributed by atoms with Crippen LogP contribution >= 0.6 is 111 Å². The summed E-state index contributed by atoms with van der Waals surface area (Å²) in [7, 11) is 24.1. The normalized spacial score (nSPS) is 17.4. The number of fused-ring (bicyclic) bond motifs is 2. The van der Waals surface area contributed by atoms with Gasteiger partial charge in [-0.25, -0.2) is 0 Å². The van der Waals surface area contributed by atoms with Crippen LogP contribution in [0.5, 0.6) is 0 Å². The first kappa shape index (κ1) is 108. The first-order chi connectivity index (χ1) is 61.9. The van der Waals surface area contributed by atoms with Crippen LogP contribution < -0.4 is 25.7 Å². The number of aryl methyl sites for hydroxylation is 9. The Labute approximate surface area is 834 Å². The molecule has 0 spiro atoms.